The van der Waals surface area contributed by atoms with E-state index in [2.05, 4.69) is 5.32 Å². The van der Waals surface area contributed by atoms with Crippen LogP contribution in [0.3, 0.4) is 0 Å². The Hall–Kier alpha value is -2.58. The summed E-state index contributed by atoms with van der Waals surface area (Å²) in [5.41, 5.74) is 1.25. The number of carbonyl (C=O) groups is 1. The number of amides is 1. The molecule has 0 aliphatic carbocycles. The quantitative estimate of drug-likeness (QED) is 0.654. The molecule has 0 atom stereocenters. The van der Waals surface area contributed by atoms with Crippen molar-refractivity contribution >= 4 is 24.4 Å². The van der Waals surface area contributed by atoms with E-state index in [1.54, 1.807) is 18.2 Å². The van der Waals surface area contributed by atoms with Crippen LogP contribution in [0.4, 0.5) is 14.9 Å². The lowest BCUT2D eigenvalue weighted by molar-refractivity contribution is 0.00578. The minimum atomic E-state index is -1.15. The lowest BCUT2D eigenvalue weighted by Crippen LogP contribution is -2.41. The highest BCUT2D eigenvalue weighted by Crippen LogP contribution is 2.41. The zero-order chi connectivity index (χ0) is 20.3. The van der Waals surface area contributed by atoms with Crippen LogP contribution in [0.15, 0.2) is 30.3 Å². The van der Waals surface area contributed by atoms with Gasteiger partial charge in [-0.2, -0.15) is 0 Å². The molecule has 0 unspecified atom stereocenters. The Balaban J connectivity index is 1.71. The van der Waals surface area contributed by atoms with Crippen LogP contribution in [0.5, 0.6) is 11.5 Å². The number of fused-ring (bicyclic) bond motifs is 2. The van der Waals surface area contributed by atoms with E-state index in [1.165, 1.54) is 12.1 Å². The van der Waals surface area contributed by atoms with E-state index in [0.29, 0.717) is 34.6 Å². The summed E-state index contributed by atoms with van der Waals surface area (Å²) in [5.74, 6) is 0.703. The van der Waals surface area contributed by atoms with Crippen molar-refractivity contribution in [3.8, 4) is 11.5 Å². The molecule has 0 bridgehead atoms. The molecule has 6 nitrogen and oxygen atoms in total. The highest BCUT2D eigenvalue weighted by atomic mass is 19.1. The SMILES string of the molecule is CC1(C)OB(c2cc(F)cc3c2Oc2ccc(NC(=O)O)cc2C3)OC1(C)C. The maximum atomic E-state index is 14.4. The minimum Gasteiger partial charge on any atom is -0.465 e. The molecule has 146 valence electrons. The fourth-order valence-corrected chi connectivity index (χ4v) is 3.41. The summed E-state index contributed by atoms with van der Waals surface area (Å²) < 4.78 is 32.6. The summed E-state index contributed by atoms with van der Waals surface area (Å²) in [6, 6.07) is 7.80. The molecule has 2 aliphatic heterocycles. The van der Waals surface area contributed by atoms with Crippen molar-refractivity contribution in [3.05, 3.63) is 47.3 Å². The molecular weight excluding hydrogens is 364 g/mol. The Morgan fingerprint density at radius 2 is 1.79 bits per heavy atom. The summed E-state index contributed by atoms with van der Waals surface area (Å²) in [6.45, 7) is 7.75. The number of nitrogens with one attached hydrogen (secondary N) is 1. The topological polar surface area (TPSA) is 77.0 Å². The minimum absolute atomic E-state index is 0.407. The van der Waals surface area contributed by atoms with Gasteiger partial charge in [0.2, 0.25) is 0 Å². The lowest BCUT2D eigenvalue weighted by atomic mass is 9.76. The van der Waals surface area contributed by atoms with Crippen LogP contribution < -0.4 is 15.5 Å². The van der Waals surface area contributed by atoms with Crippen molar-refractivity contribution in [2.45, 2.75) is 45.3 Å². The first-order chi connectivity index (χ1) is 13.1. The normalized spacial score (nSPS) is 18.8. The average molecular weight is 385 g/mol. The van der Waals surface area contributed by atoms with Gasteiger partial charge in [-0.3, -0.25) is 5.32 Å². The molecular formula is C20H21BFNO5. The number of anilines is 1. The first kappa shape index (κ1) is 18.8. The van der Waals surface area contributed by atoms with Crippen LogP contribution in [0.2, 0.25) is 0 Å². The molecule has 1 amide bonds. The van der Waals surface area contributed by atoms with E-state index in [0.717, 1.165) is 5.56 Å². The Labute approximate surface area is 162 Å². The molecule has 2 N–H and O–H groups in total. The maximum Gasteiger partial charge on any atom is 0.498 e. The summed E-state index contributed by atoms with van der Waals surface area (Å²) in [4.78, 5) is 10.9. The second-order valence-electron chi connectivity index (χ2n) is 8.10. The molecule has 0 radical (unpaired) electrons. The average Bonchev–Trinajstić information content (AvgIpc) is 2.79. The largest absolute Gasteiger partial charge is 0.498 e. The molecule has 0 saturated carbocycles. The molecule has 8 heteroatoms. The Morgan fingerprint density at radius 1 is 1.11 bits per heavy atom. The van der Waals surface area contributed by atoms with E-state index in [-0.39, 0.29) is 0 Å². The van der Waals surface area contributed by atoms with Crippen molar-refractivity contribution < 1.29 is 28.3 Å². The number of rotatable bonds is 2. The second kappa shape index (κ2) is 6.22. The predicted molar refractivity (Wildman–Crippen MR) is 103 cm³/mol. The molecule has 0 aromatic heterocycles. The van der Waals surface area contributed by atoms with Gasteiger partial charge in [0.15, 0.2) is 0 Å². The van der Waals surface area contributed by atoms with Gasteiger partial charge >= 0.3 is 13.2 Å². The summed E-state index contributed by atoms with van der Waals surface area (Å²) >= 11 is 0. The van der Waals surface area contributed by atoms with E-state index >= 15 is 0 Å². The molecule has 2 aromatic rings. The van der Waals surface area contributed by atoms with Crippen LogP contribution >= 0.6 is 0 Å². The summed E-state index contributed by atoms with van der Waals surface area (Å²) in [7, 11) is -0.746. The monoisotopic (exact) mass is 385 g/mol. The van der Waals surface area contributed by atoms with Crippen LogP contribution in [0.25, 0.3) is 0 Å². The zero-order valence-corrected chi connectivity index (χ0v) is 16.1. The number of hydrogen-bond acceptors (Lipinski definition) is 4. The molecule has 2 aliphatic rings. The lowest BCUT2D eigenvalue weighted by Gasteiger charge is -2.32. The Bertz CT molecular complexity index is 959. The van der Waals surface area contributed by atoms with Gasteiger partial charge in [0.05, 0.1) is 11.2 Å². The molecule has 4 rings (SSSR count). The van der Waals surface area contributed by atoms with Gasteiger partial charge < -0.3 is 19.2 Å². The number of hydrogen-bond donors (Lipinski definition) is 2. The first-order valence-electron chi connectivity index (χ1n) is 9.04. The molecule has 28 heavy (non-hydrogen) atoms. The number of benzene rings is 2. The molecule has 1 saturated heterocycles. The van der Waals surface area contributed by atoms with Crippen LogP contribution in [0.1, 0.15) is 38.8 Å². The summed E-state index contributed by atoms with van der Waals surface area (Å²) in [5, 5.41) is 11.2. The molecule has 0 spiro atoms. The second-order valence-corrected chi connectivity index (χ2v) is 8.10. The van der Waals surface area contributed by atoms with E-state index in [1.807, 2.05) is 27.7 Å². The fraction of sp³-hybridized carbons (Fsp3) is 0.350. The number of ether oxygens (including phenoxy) is 1. The Morgan fingerprint density at radius 3 is 2.43 bits per heavy atom. The van der Waals surface area contributed by atoms with Crippen LogP contribution in [0, 0.1) is 5.82 Å². The molecule has 1 fully saturated rings. The van der Waals surface area contributed by atoms with Gasteiger partial charge in [0.25, 0.3) is 0 Å². The smallest absolute Gasteiger partial charge is 0.465 e. The van der Waals surface area contributed by atoms with Gasteiger partial charge in [-0.15, -0.1) is 0 Å². The van der Waals surface area contributed by atoms with Crippen molar-refractivity contribution in [1.29, 1.82) is 0 Å². The van der Waals surface area contributed by atoms with Crippen LogP contribution in [-0.4, -0.2) is 29.5 Å². The van der Waals surface area contributed by atoms with Gasteiger partial charge in [-0.25, -0.2) is 9.18 Å². The number of carboxylic acid groups (broad SMARTS) is 1. The predicted octanol–water partition coefficient (Wildman–Crippen LogP) is 3.91. The third-order valence-corrected chi connectivity index (χ3v) is 5.57. The van der Waals surface area contributed by atoms with Crippen molar-refractivity contribution in [3.63, 3.8) is 0 Å². The molecule has 2 aromatic carbocycles. The van der Waals surface area contributed by atoms with Crippen molar-refractivity contribution in [2.24, 2.45) is 0 Å². The van der Waals surface area contributed by atoms with E-state index in [9.17, 15) is 9.18 Å². The van der Waals surface area contributed by atoms with Crippen molar-refractivity contribution in [1.82, 2.24) is 0 Å². The highest BCUT2D eigenvalue weighted by Gasteiger charge is 2.53. The van der Waals surface area contributed by atoms with Crippen molar-refractivity contribution in [2.75, 3.05) is 5.32 Å². The first-order valence-corrected chi connectivity index (χ1v) is 9.04. The van der Waals surface area contributed by atoms with E-state index < -0.39 is 30.2 Å². The Kier molecular flexibility index (Phi) is 4.17. The van der Waals surface area contributed by atoms with Gasteiger partial charge in [0, 0.05) is 28.7 Å². The standard InChI is InChI=1S/C20H21BFNO5/c1-19(2)20(3,4)28-21(27-19)15-10-13(22)8-12-7-11-9-14(23-18(24)25)5-6-16(11)26-17(12)15/h5-6,8-10,23H,7H2,1-4H3,(H,24,25). The summed E-state index contributed by atoms with van der Waals surface area (Å²) in [6.07, 6.45) is -0.740. The number of halogens is 1. The van der Waals surface area contributed by atoms with E-state index in [4.69, 9.17) is 19.2 Å². The van der Waals surface area contributed by atoms with Gasteiger partial charge in [0.1, 0.15) is 17.3 Å². The zero-order valence-electron chi connectivity index (χ0n) is 16.1. The molecule has 2 heterocycles. The third-order valence-electron chi connectivity index (χ3n) is 5.57. The van der Waals surface area contributed by atoms with Crippen LogP contribution in [-0.2, 0) is 15.7 Å². The van der Waals surface area contributed by atoms with Gasteiger partial charge in [-0.05, 0) is 58.0 Å². The maximum absolute atomic E-state index is 14.4. The highest BCUT2D eigenvalue weighted by molar-refractivity contribution is 6.63. The van der Waals surface area contributed by atoms with Gasteiger partial charge in [-0.1, -0.05) is 0 Å². The fourth-order valence-electron chi connectivity index (χ4n) is 3.41. The third kappa shape index (κ3) is 3.12.